The Labute approximate surface area is 163 Å². The van der Waals surface area contributed by atoms with Crippen LogP contribution < -0.4 is 9.80 Å². The second-order valence-corrected chi connectivity index (χ2v) is 7.84. The molecule has 5 heteroatoms. The van der Waals surface area contributed by atoms with Crippen LogP contribution in [-0.4, -0.2) is 16.8 Å². The third kappa shape index (κ3) is 2.77. The molecule has 4 rings (SSSR count). The minimum Gasteiger partial charge on any atom is -0.340 e. The number of allylic oxidation sites excluding steroid dienone is 1. The van der Waals surface area contributed by atoms with Crippen molar-refractivity contribution in [2.75, 3.05) is 16.3 Å². The lowest BCUT2D eigenvalue weighted by molar-refractivity contribution is -0.113. The lowest BCUT2D eigenvalue weighted by atomic mass is 10.0. The van der Waals surface area contributed by atoms with Crippen molar-refractivity contribution in [1.29, 1.82) is 0 Å². The summed E-state index contributed by atoms with van der Waals surface area (Å²) < 4.78 is 0.572. The number of rotatable bonds is 2. The summed E-state index contributed by atoms with van der Waals surface area (Å²) >= 11 is 6.89. The molecule has 2 heterocycles. The Hall–Kier alpha value is -2.37. The molecule has 26 heavy (non-hydrogen) atoms. The lowest BCUT2D eigenvalue weighted by Crippen LogP contribution is -2.30. The van der Waals surface area contributed by atoms with Crippen LogP contribution in [0.15, 0.2) is 65.2 Å². The van der Waals surface area contributed by atoms with Crippen molar-refractivity contribution < 1.29 is 4.79 Å². The average Bonchev–Trinajstić information content (AvgIpc) is 2.95. The number of benzene rings is 2. The van der Waals surface area contributed by atoms with Gasteiger partial charge in [-0.1, -0.05) is 60.4 Å². The monoisotopic (exact) mass is 378 g/mol. The number of carbonyl (C=O) groups is 1. The minimum absolute atomic E-state index is 0.0552. The van der Waals surface area contributed by atoms with E-state index in [9.17, 15) is 4.79 Å². The number of amides is 1. The maximum atomic E-state index is 13.2. The molecule has 0 aromatic heterocycles. The van der Waals surface area contributed by atoms with Crippen LogP contribution in [0.25, 0.3) is 6.08 Å². The standard InChI is InChI=1S/C21H18N2OS2/c1-3-22-17(12-11-15-10-9-14(2)13-18(15)22)19-20(24)23(21(25)26-19)16-7-5-4-6-8-16/h4-13H,3H2,1-2H3. The number of likely N-dealkylation sites (N-methyl/N-ethyl adjacent to an activating group) is 1. The Morgan fingerprint density at radius 3 is 2.58 bits per heavy atom. The van der Waals surface area contributed by atoms with Gasteiger partial charge in [-0.2, -0.15) is 0 Å². The molecule has 2 aliphatic heterocycles. The Morgan fingerprint density at radius 1 is 1.08 bits per heavy atom. The summed E-state index contributed by atoms with van der Waals surface area (Å²) in [5.41, 5.74) is 5.23. The first-order valence-corrected chi connectivity index (χ1v) is 9.74. The molecule has 2 aromatic rings. The van der Waals surface area contributed by atoms with Gasteiger partial charge in [0.15, 0.2) is 4.32 Å². The normalized spacial score (nSPS) is 19.3. The van der Waals surface area contributed by atoms with Gasteiger partial charge in [-0.15, -0.1) is 0 Å². The predicted molar refractivity (Wildman–Crippen MR) is 114 cm³/mol. The molecule has 0 spiro atoms. The molecule has 2 aliphatic rings. The van der Waals surface area contributed by atoms with Gasteiger partial charge in [0.05, 0.1) is 11.4 Å². The molecule has 0 unspecified atom stereocenters. The first kappa shape index (κ1) is 17.1. The number of nitrogens with zero attached hydrogens (tertiary/aromatic N) is 2. The molecular weight excluding hydrogens is 360 g/mol. The molecular formula is C21H18N2OS2. The van der Waals surface area contributed by atoms with Crippen molar-refractivity contribution in [2.45, 2.75) is 13.8 Å². The number of para-hydroxylation sites is 1. The maximum absolute atomic E-state index is 13.2. The number of hydrogen-bond donors (Lipinski definition) is 0. The van der Waals surface area contributed by atoms with Gasteiger partial charge in [0.2, 0.25) is 0 Å². The number of carbonyl (C=O) groups excluding carboxylic acids is 1. The second kappa shape index (κ2) is 6.74. The zero-order chi connectivity index (χ0) is 18.3. The van der Waals surface area contributed by atoms with E-state index in [0.29, 0.717) is 9.23 Å². The van der Waals surface area contributed by atoms with Gasteiger partial charge < -0.3 is 4.90 Å². The summed E-state index contributed by atoms with van der Waals surface area (Å²) in [5.74, 6) is -0.0552. The highest BCUT2D eigenvalue weighted by atomic mass is 32.2. The third-order valence-electron chi connectivity index (χ3n) is 4.52. The highest BCUT2D eigenvalue weighted by molar-refractivity contribution is 8.27. The summed E-state index contributed by atoms with van der Waals surface area (Å²) in [6.45, 7) is 4.97. The van der Waals surface area contributed by atoms with E-state index < -0.39 is 0 Å². The number of thiocarbonyl (C=S) groups is 1. The zero-order valence-electron chi connectivity index (χ0n) is 14.6. The second-order valence-electron chi connectivity index (χ2n) is 6.20. The molecule has 0 bridgehead atoms. The molecule has 1 saturated heterocycles. The van der Waals surface area contributed by atoms with Crippen LogP contribution >= 0.6 is 24.0 Å². The van der Waals surface area contributed by atoms with E-state index in [4.69, 9.17) is 12.2 Å². The van der Waals surface area contributed by atoms with Gasteiger partial charge in [0.25, 0.3) is 5.91 Å². The summed E-state index contributed by atoms with van der Waals surface area (Å²) in [5, 5.41) is 0. The lowest BCUT2D eigenvalue weighted by Gasteiger charge is -2.30. The van der Waals surface area contributed by atoms with E-state index in [-0.39, 0.29) is 5.91 Å². The maximum Gasteiger partial charge on any atom is 0.272 e. The summed E-state index contributed by atoms with van der Waals surface area (Å²) in [6.07, 6.45) is 4.10. The number of anilines is 2. The van der Waals surface area contributed by atoms with Crippen LogP contribution in [0.3, 0.4) is 0 Å². The molecule has 0 atom stereocenters. The number of hydrogen-bond acceptors (Lipinski definition) is 4. The molecule has 0 radical (unpaired) electrons. The van der Waals surface area contributed by atoms with E-state index in [0.717, 1.165) is 23.6 Å². The highest BCUT2D eigenvalue weighted by Gasteiger charge is 2.37. The van der Waals surface area contributed by atoms with Gasteiger partial charge in [-0.3, -0.25) is 9.69 Å². The van der Waals surface area contributed by atoms with Crippen LogP contribution in [0, 0.1) is 6.92 Å². The van der Waals surface area contributed by atoms with Crippen molar-refractivity contribution in [3.8, 4) is 0 Å². The smallest absolute Gasteiger partial charge is 0.272 e. The van der Waals surface area contributed by atoms with Crippen molar-refractivity contribution >= 4 is 51.7 Å². The fraction of sp³-hybridized carbons (Fsp3) is 0.143. The van der Waals surface area contributed by atoms with Gasteiger partial charge >= 0.3 is 0 Å². The molecule has 0 N–H and O–H groups in total. The quantitative estimate of drug-likeness (QED) is 0.534. The summed E-state index contributed by atoms with van der Waals surface area (Å²) in [4.78, 5) is 17.7. The van der Waals surface area contributed by atoms with E-state index >= 15 is 0 Å². The molecule has 2 aromatic carbocycles. The average molecular weight is 379 g/mol. The van der Waals surface area contributed by atoms with Gasteiger partial charge in [-0.25, -0.2) is 0 Å². The van der Waals surface area contributed by atoms with E-state index in [1.807, 2.05) is 36.4 Å². The number of thioether (sulfide) groups is 1. The zero-order valence-corrected chi connectivity index (χ0v) is 16.2. The Bertz CT molecular complexity index is 963. The first-order valence-electron chi connectivity index (χ1n) is 8.52. The topological polar surface area (TPSA) is 23.6 Å². The Balaban J connectivity index is 1.80. The van der Waals surface area contributed by atoms with E-state index in [1.54, 1.807) is 4.90 Å². The fourth-order valence-corrected chi connectivity index (χ4v) is 4.63. The van der Waals surface area contributed by atoms with Crippen molar-refractivity contribution in [1.82, 2.24) is 0 Å². The van der Waals surface area contributed by atoms with Crippen LogP contribution in [0.5, 0.6) is 0 Å². The molecule has 130 valence electrons. The van der Waals surface area contributed by atoms with Gasteiger partial charge in [0, 0.05) is 12.2 Å². The van der Waals surface area contributed by atoms with Crippen LogP contribution in [0.1, 0.15) is 18.1 Å². The first-order chi connectivity index (χ1) is 12.6. The molecule has 1 amide bonds. The Morgan fingerprint density at radius 2 is 1.85 bits per heavy atom. The summed E-state index contributed by atoms with van der Waals surface area (Å²) in [6, 6.07) is 16.0. The van der Waals surface area contributed by atoms with Crippen molar-refractivity contribution in [3.63, 3.8) is 0 Å². The SMILES string of the molecule is CCN1C(=C2SC(=S)N(c3ccccc3)C2=O)C=Cc2ccc(C)cc21. The van der Waals surface area contributed by atoms with Crippen LogP contribution in [-0.2, 0) is 4.79 Å². The van der Waals surface area contributed by atoms with Crippen LogP contribution in [0.4, 0.5) is 11.4 Å². The highest BCUT2D eigenvalue weighted by Crippen LogP contribution is 2.41. The minimum atomic E-state index is -0.0552. The molecule has 0 saturated carbocycles. The molecule has 3 nitrogen and oxygen atoms in total. The predicted octanol–water partition coefficient (Wildman–Crippen LogP) is 5.12. The van der Waals surface area contributed by atoms with Crippen molar-refractivity contribution in [3.05, 3.63) is 76.3 Å². The number of aryl methyl sites for hydroxylation is 1. The van der Waals surface area contributed by atoms with Gasteiger partial charge in [0.1, 0.15) is 4.91 Å². The van der Waals surface area contributed by atoms with Crippen molar-refractivity contribution in [2.24, 2.45) is 0 Å². The van der Waals surface area contributed by atoms with Gasteiger partial charge in [-0.05, 0) is 49.2 Å². The third-order valence-corrected chi connectivity index (χ3v) is 5.90. The molecule has 1 fully saturated rings. The Kier molecular flexibility index (Phi) is 4.42. The largest absolute Gasteiger partial charge is 0.340 e. The van der Waals surface area contributed by atoms with Crippen LogP contribution in [0.2, 0.25) is 0 Å². The number of fused-ring (bicyclic) bond motifs is 1. The fourth-order valence-electron chi connectivity index (χ4n) is 3.28. The molecule has 0 aliphatic carbocycles. The van der Waals surface area contributed by atoms with E-state index in [2.05, 4.69) is 43.0 Å². The van der Waals surface area contributed by atoms with E-state index in [1.165, 1.54) is 22.9 Å². The summed E-state index contributed by atoms with van der Waals surface area (Å²) in [7, 11) is 0.